The molecular weight excluding hydrogens is 278 g/mol. The molecule has 7 heteroatoms. The summed E-state index contributed by atoms with van der Waals surface area (Å²) < 4.78 is 10.4. The standard InChI is InChI=1S/C13H15N3O3S/c1-2-19-13(17)10-7-9-11(14-8-15-12(9)20-10)16-3-5-18-6-4-16/h7-8H,2-6H2,1H3. The highest BCUT2D eigenvalue weighted by Crippen LogP contribution is 2.30. The lowest BCUT2D eigenvalue weighted by Crippen LogP contribution is -2.36. The van der Waals surface area contributed by atoms with Crippen molar-refractivity contribution in [3.05, 3.63) is 17.3 Å². The normalized spacial score (nSPS) is 15.6. The van der Waals surface area contributed by atoms with Gasteiger partial charge in [-0.25, -0.2) is 14.8 Å². The van der Waals surface area contributed by atoms with E-state index in [1.54, 1.807) is 13.3 Å². The van der Waals surface area contributed by atoms with Crippen molar-refractivity contribution < 1.29 is 14.3 Å². The number of aromatic nitrogens is 2. The Bertz CT molecular complexity index is 622. The van der Waals surface area contributed by atoms with Crippen molar-refractivity contribution in [2.75, 3.05) is 37.8 Å². The third-order valence-corrected chi connectivity index (χ3v) is 4.12. The molecule has 0 N–H and O–H groups in total. The molecule has 2 aromatic rings. The maximum Gasteiger partial charge on any atom is 0.348 e. The van der Waals surface area contributed by atoms with Crippen molar-refractivity contribution in [1.29, 1.82) is 0 Å². The van der Waals surface area contributed by atoms with E-state index in [2.05, 4.69) is 14.9 Å². The number of fused-ring (bicyclic) bond motifs is 1. The molecule has 0 atom stereocenters. The molecule has 3 heterocycles. The van der Waals surface area contributed by atoms with Gasteiger partial charge in [-0.05, 0) is 13.0 Å². The van der Waals surface area contributed by atoms with Crippen molar-refractivity contribution in [1.82, 2.24) is 9.97 Å². The van der Waals surface area contributed by atoms with Crippen LogP contribution >= 0.6 is 11.3 Å². The Hall–Kier alpha value is -1.73. The largest absolute Gasteiger partial charge is 0.462 e. The molecule has 0 spiro atoms. The Labute approximate surface area is 120 Å². The Morgan fingerprint density at radius 2 is 2.25 bits per heavy atom. The van der Waals surface area contributed by atoms with Gasteiger partial charge in [-0.2, -0.15) is 0 Å². The molecule has 106 valence electrons. The molecule has 3 rings (SSSR count). The van der Waals surface area contributed by atoms with Gasteiger partial charge in [0, 0.05) is 13.1 Å². The summed E-state index contributed by atoms with van der Waals surface area (Å²) in [6.07, 6.45) is 1.54. The third kappa shape index (κ3) is 2.46. The minimum Gasteiger partial charge on any atom is -0.462 e. The maximum absolute atomic E-state index is 11.8. The van der Waals surface area contributed by atoms with Crippen LogP contribution in [0.4, 0.5) is 5.82 Å². The quantitative estimate of drug-likeness (QED) is 0.803. The Kier molecular flexibility index (Phi) is 3.79. The molecule has 2 aromatic heterocycles. The number of hydrogen-bond acceptors (Lipinski definition) is 7. The number of anilines is 1. The summed E-state index contributed by atoms with van der Waals surface area (Å²) in [4.78, 5) is 24.0. The van der Waals surface area contributed by atoms with Crippen molar-refractivity contribution in [2.24, 2.45) is 0 Å². The maximum atomic E-state index is 11.8. The zero-order valence-corrected chi connectivity index (χ0v) is 12.0. The Morgan fingerprint density at radius 1 is 1.45 bits per heavy atom. The van der Waals surface area contributed by atoms with Crippen LogP contribution in [0, 0.1) is 0 Å². The molecule has 0 amide bonds. The number of carbonyl (C=O) groups is 1. The highest BCUT2D eigenvalue weighted by molar-refractivity contribution is 7.20. The number of rotatable bonds is 3. The first-order valence-corrected chi connectivity index (χ1v) is 7.35. The first-order valence-electron chi connectivity index (χ1n) is 6.54. The summed E-state index contributed by atoms with van der Waals surface area (Å²) in [5.41, 5.74) is 0. The number of esters is 1. The van der Waals surface area contributed by atoms with Crippen molar-refractivity contribution in [2.45, 2.75) is 6.92 Å². The predicted octanol–water partition coefficient (Wildman–Crippen LogP) is 1.70. The minimum atomic E-state index is -0.302. The van der Waals surface area contributed by atoms with Crippen molar-refractivity contribution >= 4 is 33.3 Å². The van der Waals surface area contributed by atoms with Gasteiger partial charge in [0.15, 0.2) is 0 Å². The average Bonchev–Trinajstić information content (AvgIpc) is 2.92. The van der Waals surface area contributed by atoms with Crippen LogP contribution in [-0.4, -0.2) is 48.8 Å². The third-order valence-electron chi connectivity index (χ3n) is 3.10. The number of carbonyl (C=O) groups excluding carboxylic acids is 1. The van der Waals surface area contributed by atoms with Gasteiger partial charge in [0.2, 0.25) is 0 Å². The molecule has 1 aliphatic rings. The fourth-order valence-corrected chi connectivity index (χ4v) is 3.06. The fourth-order valence-electron chi connectivity index (χ4n) is 2.17. The van der Waals surface area contributed by atoms with E-state index in [1.807, 2.05) is 6.07 Å². The van der Waals surface area contributed by atoms with Crippen LogP contribution in [0.5, 0.6) is 0 Å². The molecule has 0 saturated carbocycles. The van der Waals surface area contributed by atoms with E-state index in [1.165, 1.54) is 11.3 Å². The minimum absolute atomic E-state index is 0.302. The van der Waals surface area contributed by atoms with Crippen LogP contribution in [0.25, 0.3) is 10.2 Å². The van der Waals surface area contributed by atoms with E-state index >= 15 is 0 Å². The van der Waals surface area contributed by atoms with E-state index < -0.39 is 0 Å². The van der Waals surface area contributed by atoms with E-state index in [4.69, 9.17) is 9.47 Å². The number of nitrogens with zero attached hydrogens (tertiary/aromatic N) is 3. The lowest BCUT2D eigenvalue weighted by atomic mass is 10.3. The van der Waals surface area contributed by atoms with Crippen molar-refractivity contribution in [3.8, 4) is 0 Å². The predicted molar refractivity (Wildman–Crippen MR) is 76.4 cm³/mol. The first-order chi connectivity index (χ1) is 9.79. The molecule has 1 aliphatic heterocycles. The molecule has 0 aromatic carbocycles. The van der Waals surface area contributed by atoms with Gasteiger partial charge in [0.1, 0.15) is 21.9 Å². The molecule has 0 radical (unpaired) electrons. The van der Waals surface area contributed by atoms with Crippen LogP contribution in [0.2, 0.25) is 0 Å². The van der Waals surface area contributed by atoms with Crippen LogP contribution in [-0.2, 0) is 9.47 Å². The smallest absolute Gasteiger partial charge is 0.348 e. The Balaban J connectivity index is 1.98. The summed E-state index contributed by atoms with van der Waals surface area (Å²) in [5.74, 6) is 0.563. The van der Waals surface area contributed by atoms with Crippen LogP contribution in [0.15, 0.2) is 12.4 Å². The van der Waals surface area contributed by atoms with Gasteiger partial charge in [-0.15, -0.1) is 11.3 Å². The second-order valence-electron chi connectivity index (χ2n) is 4.35. The first kappa shape index (κ1) is 13.3. The van der Waals surface area contributed by atoms with E-state index in [0.29, 0.717) is 24.7 Å². The van der Waals surface area contributed by atoms with Crippen molar-refractivity contribution in [3.63, 3.8) is 0 Å². The zero-order valence-electron chi connectivity index (χ0n) is 11.2. The zero-order chi connectivity index (χ0) is 13.9. The van der Waals surface area contributed by atoms with Crippen LogP contribution in [0.3, 0.4) is 0 Å². The highest BCUT2D eigenvalue weighted by atomic mass is 32.1. The number of hydrogen-bond donors (Lipinski definition) is 0. The number of thiophene rings is 1. The summed E-state index contributed by atoms with van der Waals surface area (Å²) >= 11 is 1.34. The van der Waals surface area contributed by atoms with Crippen LogP contribution < -0.4 is 4.90 Å². The Morgan fingerprint density at radius 3 is 3.00 bits per heavy atom. The molecule has 0 aliphatic carbocycles. The second-order valence-corrected chi connectivity index (χ2v) is 5.38. The SMILES string of the molecule is CCOC(=O)c1cc2c(N3CCOCC3)ncnc2s1. The number of ether oxygens (including phenoxy) is 2. The molecule has 1 fully saturated rings. The topological polar surface area (TPSA) is 64.5 Å². The van der Waals surface area contributed by atoms with Gasteiger partial charge in [0.05, 0.1) is 25.2 Å². The van der Waals surface area contributed by atoms with Gasteiger partial charge >= 0.3 is 5.97 Å². The van der Waals surface area contributed by atoms with E-state index in [-0.39, 0.29) is 5.97 Å². The van der Waals surface area contributed by atoms with E-state index in [9.17, 15) is 4.79 Å². The lowest BCUT2D eigenvalue weighted by Gasteiger charge is -2.28. The molecule has 6 nitrogen and oxygen atoms in total. The van der Waals surface area contributed by atoms with Gasteiger partial charge in [-0.1, -0.05) is 0 Å². The molecule has 1 saturated heterocycles. The summed E-state index contributed by atoms with van der Waals surface area (Å²) in [7, 11) is 0. The number of morpholine rings is 1. The molecule has 0 unspecified atom stereocenters. The summed E-state index contributed by atoms with van der Waals surface area (Å²) in [6.45, 7) is 5.16. The van der Waals surface area contributed by atoms with Gasteiger partial charge < -0.3 is 14.4 Å². The second kappa shape index (κ2) is 5.72. The highest BCUT2D eigenvalue weighted by Gasteiger charge is 2.19. The fraction of sp³-hybridized carbons (Fsp3) is 0.462. The summed E-state index contributed by atoms with van der Waals surface area (Å²) in [6, 6.07) is 1.82. The molecule has 20 heavy (non-hydrogen) atoms. The van der Waals surface area contributed by atoms with Crippen LogP contribution in [0.1, 0.15) is 16.6 Å². The monoisotopic (exact) mass is 293 g/mol. The molecule has 0 bridgehead atoms. The lowest BCUT2D eigenvalue weighted by molar-refractivity contribution is 0.0532. The summed E-state index contributed by atoms with van der Waals surface area (Å²) in [5, 5.41) is 0.905. The van der Waals surface area contributed by atoms with Gasteiger partial charge in [0.25, 0.3) is 0 Å². The van der Waals surface area contributed by atoms with Gasteiger partial charge in [-0.3, -0.25) is 0 Å². The van der Waals surface area contributed by atoms with E-state index in [0.717, 1.165) is 29.1 Å². The average molecular weight is 293 g/mol. The molecular formula is C13H15N3O3S.